The van der Waals surface area contributed by atoms with Crippen molar-refractivity contribution in [1.29, 1.82) is 0 Å². The molecule has 0 unspecified atom stereocenters. The van der Waals surface area contributed by atoms with Crippen LogP contribution in [0.25, 0.3) is 0 Å². The molecule has 0 bridgehead atoms. The molecule has 0 heterocycles. The topological polar surface area (TPSA) is 52.3 Å². The maximum absolute atomic E-state index is 11.8. The average Bonchev–Trinajstić information content (AvgIpc) is 2.83. The molecule has 3 aromatic rings. The Morgan fingerprint density at radius 1 is 0.781 bits per heavy atom. The number of benzene rings is 3. The van der Waals surface area contributed by atoms with Crippen LogP contribution in [-0.4, -0.2) is 19.4 Å². The first-order valence-corrected chi connectivity index (χ1v) is 11.4. The summed E-state index contributed by atoms with van der Waals surface area (Å²) in [5.74, 6) is 0.463. The summed E-state index contributed by atoms with van der Waals surface area (Å²) in [7, 11) is 1.50. The van der Waals surface area contributed by atoms with E-state index >= 15 is 0 Å². The van der Waals surface area contributed by atoms with Gasteiger partial charge in [0.2, 0.25) is 0 Å². The van der Waals surface area contributed by atoms with Crippen LogP contribution in [0.5, 0.6) is 0 Å². The van der Waals surface area contributed by atoms with Crippen molar-refractivity contribution in [3.05, 3.63) is 107 Å². The molecule has 0 aliphatic heterocycles. The van der Waals surface area contributed by atoms with Crippen molar-refractivity contribution in [3.8, 4) is 0 Å². The molecular weight excluding hydrogens is 394 g/mol. The van der Waals surface area contributed by atoms with Crippen molar-refractivity contribution >= 4 is 5.78 Å². The number of nitrogens with two attached hydrogens (primary N) is 1. The smallest absolute Gasteiger partial charge is 0.155 e. The molecule has 0 saturated carbocycles. The second-order valence-electron chi connectivity index (χ2n) is 7.89. The minimum Gasteiger partial charge on any atom is -0.353 e. The highest BCUT2D eigenvalue weighted by molar-refractivity contribution is 5.77. The Hall–Kier alpha value is -2.75. The third kappa shape index (κ3) is 7.15. The van der Waals surface area contributed by atoms with E-state index in [2.05, 4.69) is 82.0 Å². The number of ketones is 1. The fourth-order valence-corrected chi connectivity index (χ4v) is 3.41. The summed E-state index contributed by atoms with van der Waals surface area (Å²) in [5, 5.41) is 0. The van der Waals surface area contributed by atoms with E-state index in [0.29, 0.717) is 5.92 Å². The summed E-state index contributed by atoms with van der Waals surface area (Å²) in [4.78, 5) is 11.8. The Morgan fingerprint density at radius 2 is 1.16 bits per heavy atom. The molecule has 3 rings (SSSR count). The zero-order valence-corrected chi connectivity index (χ0v) is 20.5. The van der Waals surface area contributed by atoms with Gasteiger partial charge in [-0.2, -0.15) is 0 Å². The summed E-state index contributed by atoms with van der Waals surface area (Å²) in [6.07, 6.45) is 1.25. The van der Waals surface area contributed by atoms with E-state index < -0.39 is 5.60 Å². The lowest BCUT2D eigenvalue weighted by Crippen LogP contribution is -2.34. The second kappa shape index (κ2) is 14.3. The quantitative estimate of drug-likeness (QED) is 0.422. The molecule has 0 fully saturated rings. The molecule has 0 radical (unpaired) electrons. The molecular formula is C29H39NO2. The minimum absolute atomic E-state index is 0.00466. The minimum atomic E-state index is -0.830. The molecule has 0 aliphatic rings. The van der Waals surface area contributed by atoms with Gasteiger partial charge in [0.15, 0.2) is 5.78 Å². The Balaban J connectivity index is 0.000000944. The van der Waals surface area contributed by atoms with Gasteiger partial charge in [-0.3, -0.25) is 4.79 Å². The molecule has 0 saturated heterocycles. The van der Waals surface area contributed by atoms with Gasteiger partial charge in [0, 0.05) is 0 Å². The lowest BCUT2D eigenvalue weighted by molar-refractivity contribution is -0.125. The molecule has 3 aromatic carbocycles. The molecule has 0 atom stereocenters. The molecule has 0 aliphatic carbocycles. The van der Waals surface area contributed by atoms with Crippen LogP contribution in [0.1, 0.15) is 69.2 Å². The first kappa shape index (κ1) is 27.3. The molecule has 0 amide bonds. The number of carbonyl (C=O) groups excluding carboxylic acids is 1. The SMILES string of the molecule is CC(=O)COC(c1ccccc1)(c1ccccc1)c1ccc(C(C)C)cc1.CCC.CN. The van der Waals surface area contributed by atoms with Crippen LogP contribution in [0, 0.1) is 0 Å². The third-order valence-corrected chi connectivity index (χ3v) is 4.84. The predicted octanol–water partition coefficient (Wildman–Crippen LogP) is 6.70. The van der Waals surface area contributed by atoms with E-state index in [1.807, 2.05) is 36.4 Å². The number of ether oxygens (including phenoxy) is 1. The molecule has 2 N–H and O–H groups in total. The van der Waals surface area contributed by atoms with Crippen LogP contribution in [0.15, 0.2) is 84.9 Å². The summed E-state index contributed by atoms with van der Waals surface area (Å²) in [6.45, 7) is 10.2. The highest BCUT2D eigenvalue weighted by atomic mass is 16.5. The molecule has 0 aromatic heterocycles. The van der Waals surface area contributed by atoms with Gasteiger partial charge in [-0.05, 0) is 42.1 Å². The molecule has 3 heteroatoms. The van der Waals surface area contributed by atoms with Gasteiger partial charge in [-0.1, -0.05) is 119 Å². The number of hydrogen-bond donors (Lipinski definition) is 1. The van der Waals surface area contributed by atoms with Crippen molar-refractivity contribution in [1.82, 2.24) is 0 Å². The number of rotatable bonds is 7. The summed E-state index contributed by atoms with van der Waals surface area (Å²) in [5.41, 5.74) is 7.99. The van der Waals surface area contributed by atoms with E-state index in [9.17, 15) is 4.79 Å². The lowest BCUT2D eigenvalue weighted by atomic mass is 9.79. The summed E-state index contributed by atoms with van der Waals surface area (Å²) < 4.78 is 6.40. The predicted molar refractivity (Wildman–Crippen MR) is 136 cm³/mol. The fraction of sp³-hybridized carbons (Fsp3) is 0.345. The van der Waals surface area contributed by atoms with Crippen LogP contribution < -0.4 is 5.73 Å². The van der Waals surface area contributed by atoms with E-state index in [1.165, 1.54) is 19.0 Å². The molecule has 32 heavy (non-hydrogen) atoms. The normalized spacial score (nSPS) is 10.5. The Bertz CT molecular complexity index is 848. The zero-order valence-electron chi connectivity index (χ0n) is 20.5. The largest absolute Gasteiger partial charge is 0.353 e. The molecule has 0 spiro atoms. The summed E-state index contributed by atoms with van der Waals surface area (Å²) in [6, 6.07) is 28.8. The van der Waals surface area contributed by atoms with Gasteiger partial charge >= 0.3 is 0 Å². The first-order chi connectivity index (χ1) is 15.5. The van der Waals surface area contributed by atoms with Crippen molar-refractivity contribution in [2.75, 3.05) is 13.7 Å². The zero-order chi connectivity index (χ0) is 24.0. The van der Waals surface area contributed by atoms with Crippen LogP contribution in [0.4, 0.5) is 0 Å². The van der Waals surface area contributed by atoms with Gasteiger partial charge in [0.1, 0.15) is 12.2 Å². The van der Waals surface area contributed by atoms with Gasteiger partial charge < -0.3 is 10.5 Å². The van der Waals surface area contributed by atoms with Crippen LogP contribution in [0.3, 0.4) is 0 Å². The maximum Gasteiger partial charge on any atom is 0.155 e. The van der Waals surface area contributed by atoms with Gasteiger partial charge in [0.05, 0.1) is 0 Å². The van der Waals surface area contributed by atoms with Gasteiger partial charge in [-0.25, -0.2) is 0 Å². The van der Waals surface area contributed by atoms with Gasteiger partial charge in [0.25, 0.3) is 0 Å². The van der Waals surface area contributed by atoms with Crippen LogP contribution in [-0.2, 0) is 15.1 Å². The third-order valence-electron chi connectivity index (χ3n) is 4.84. The number of Topliss-reactive ketones (excluding diaryl/α,β-unsaturated/α-hetero) is 1. The van der Waals surface area contributed by atoms with Gasteiger partial charge in [-0.15, -0.1) is 0 Å². The highest BCUT2D eigenvalue weighted by Crippen LogP contribution is 2.40. The number of carbonyl (C=O) groups is 1. The van der Waals surface area contributed by atoms with E-state index in [4.69, 9.17) is 4.74 Å². The van der Waals surface area contributed by atoms with E-state index in [1.54, 1.807) is 6.92 Å². The maximum atomic E-state index is 11.8. The van der Waals surface area contributed by atoms with Crippen molar-refractivity contribution in [3.63, 3.8) is 0 Å². The number of hydrogen-bond acceptors (Lipinski definition) is 3. The lowest BCUT2D eigenvalue weighted by Gasteiger charge is -2.35. The monoisotopic (exact) mass is 433 g/mol. The Labute approximate surface area is 194 Å². The van der Waals surface area contributed by atoms with Crippen LogP contribution in [0.2, 0.25) is 0 Å². The summed E-state index contributed by atoms with van der Waals surface area (Å²) >= 11 is 0. The first-order valence-electron chi connectivity index (χ1n) is 11.4. The highest BCUT2D eigenvalue weighted by Gasteiger charge is 2.37. The van der Waals surface area contributed by atoms with Crippen molar-refractivity contribution in [2.24, 2.45) is 5.73 Å². The fourth-order valence-electron chi connectivity index (χ4n) is 3.41. The molecule has 172 valence electrons. The Kier molecular flexibility index (Phi) is 12.2. The van der Waals surface area contributed by atoms with E-state index in [0.717, 1.165) is 16.7 Å². The van der Waals surface area contributed by atoms with Crippen molar-refractivity contribution in [2.45, 2.75) is 52.6 Å². The van der Waals surface area contributed by atoms with Crippen molar-refractivity contribution < 1.29 is 9.53 Å². The average molecular weight is 434 g/mol. The molecule has 3 nitrogen and oxygen atoms in total. The van der Waals surface area contributed by atoms with E-state index in [-0.39, 0.29) is 12.4 Å². The Morgan fingerprint density at radius 3 is 1.50 bits per heavy atom. The standard InChI is InChI=1S/C25H26O2.C3H8.CH5N/c1-19(2)21-14-16-24(17-15-21)25(27-18-20(3)26,22-10-6-4-7-11-22)23-12-8-5-9-13-23;1-3-2;1-2/h4-17,19H,18H2,1-3H3;3H2,1-2H3;2H2,1H3. The van der Waals surface area contributed by atoms with Crippen LogP contribution >= 0.6 is 0 Å². The second-order valence-corrected chi connectivity index (χ2v) is 7.89.